The van der Waals surface area contributed by atoms with Crippen molar-refractivity contribution in [3.8, 4) is 5.75 Å². The Morgan fingerprint density at radius 3 is 2.49 bits per heavy atom. The lowest BCUT2D eigenvalue weighted by atomic mass is 9.57. The van der Waals surface area contributed by atoms with Crippen LogP contribution in [0.1, 0.15) is 24.0 Å². The third-order valence-corrected chi connectivity index (χ3v) is 7.94. The van der Waals surface area contributed by atoms with E-state index in [1.54, 1.807) is 0 Å². The Hall–Kier alpha value is -2.93. The number of alkyl halides is 1. The van der Waals surface area contributed by atoms with Gasteiger partial charge in [0.2, 0.25) is 11.7 Å². The number of likely N-dealkylation sites (N-methyl/N-ethyl adjacent to an activating group) is 1. The van der Waals surface area contributed by atoms with Crippen LogP contribution in [0.2, 0.25) is 5.02 Å². The van der Waals surface area contributed by atoms with Gasteiger partial charge in [-0.3, -0.25) is 24.1 Å². The summed E-state index contributed by atoms with van der Waals surface area (Å²) in [5, 5.41) is 47.4. The van der Waals surface area contributed by atoms with Crippen molar-refractivity contribution >= 4 is 62.4 Å². The molecule has 0 aromatic heterocycles. The van der Waals surface area contributed by atoms with E-state index in [4.69, 9.17) is 17.3 Å². The summed E-state index contributed by atoms with van der Waals surface area (Å²) in [4.78, 5) is 52.4. The van der Waals surface area contributed by atoms with E-state index in [9.17, 15) is 39.6 Å². The van der Waals surface area contributed by atoms with E-state index in [0.717, 1.165) is 0 Å². The fourth-order valence-electron chi connectivity index (χ4n) is 5.67. The highest BCUT2D eigenvalue weighted by molar-refractivity contribution is 9.09. The van der Waals surface area contributed by atoms with Gasteiger partial charge in [0.1, 0.15) is 22.8 Å². The minimum atomic E-state index is -2.72. The number of hydrogen-bond acceptors (Lipinski definition) is 9. The van der Waals surface area contributed by atoms with Gasteiger partial charge in [-0.15, -0.1) is 0 Å². The molecule has 3 aliphatic carbocycles. The Morgan fingerprint density at radius 2 is 1.92 bits per heavy atom. The standard InChI is InChI=1S/C24H25BrClN3O8/c1-29(2)17-10-6-8-5-9-7-11(26)16(28-12(30)3-4-25)19(32)13(9)18(31)14(8)21(34)24(10,37)22(35)15(20(17)33)23(27)36/h7-8,10,17,31-32,35,37H,3-6H2,1-2H3,(H2,27,36)(H,28,30)/t8?,10?,17-,24?/m0/s1. The number of carbonyl (C=O) groups excluding carboxylic acids is 4. The van der Waals surface area contributed by atoms with E-state index >= 15 is 0 Å². The summed E-state index contributed by atoms with van der Waals surface area (Å²) in [6, 6.07) is 0.290. The number of fused-ring (bicyclic) bond motifs is 3. The van der Waals surface area contributed by atoms with Crippen molar-refractivity contribution in [1.82, 2.24) is 4.90 Å². The highest BCUT2D eigenvalue weighted by Gasteiger charge is 2.64. The fourth-order valence-corrected chi connectivity index (χ4v) is 6.30. The van der Waals surface area contributed by atoms with Gasteiger partial charge in [0.25, 0.3) is 5.91 Å². The normalized spacial score (nSPS) is 27.1. The predicted molar refractivity (Wildman–Crippen MR) is 136 cm³/mol. The number of nitrogens with two attached hydrogens (primary N) is 1. The fraction of sp³-hybridized carbons (Fsp3) is 0.417. The van der Waals surface area contributed by atoms with Gasteiger partial charge in [-0.1, -0.05) is 27.5 Å². The number of ketones is 2. The van der Waals surface area contributed by atoms with Crippen molar-refractivity contribution in [2.45, 2.75) is 30.9 Å². The molecule has 2 amide bonds. The van der Waals surface area contributed by atoms with Crippen molar-refractivity contribution in [2.24, 2.45) is 17.6 Å². The molecule has 3 aliphatic rings. The molecular formula is C24H25BrClN3O8. The number of amides is 2. The Morgan fingerprint density at radius 1 is 1.27 bits per heavy atom. The molecule has 1 aromatic carbocycles. The lowest BCUT2D eigenvalue weighted by Gasteiger charge is -2.50. The van der Waals surface area contributed by atoms with E-state index < -0.39 is 69.7 Å². The molecule has 0 saturated heterocycles. The van der Waals surface area contributed by atoms with Gasteiger partial charge in [-0.2, -0.15) is 0 Å². The maximum Gasteiger partial charge on any atom is 0.255 e. The van der Waals surface area contributed by atoms with Gasteiger partial charge < -0.3 is 31.5 Å². The molecule has 0 bridgehead atoms. The first kappa shape index (κ1) is 27.1. The van der Waals surface area contributed by atoms with Crippen LogP contribution in [0.15, 0.2) is 23.0 Å². The van der Waals surface area contributed by atoms with Crippen molar-refractivity contribution in [2.75, 3.05) is 24.7 Å². The van der Waals surface area contributed by atoms with E-state index in [1.807, 2.05) is 0 Å². The number of rotatable bonds is 5. The summed E-state index contributed by atoms with van der Waals surface area (Å²) >= 11 is 9.46. The number of phenols is 1. The second-order valence-corrected chi connectivity index (χ2v) is 10.8. The SMILES string of the molecule is CN(C)[C@@H]1C(=O)C(C(N)=O)=C(O)C2(O)C(=O)C3=C(O)c4c(cc(Cl)c(NC(=O)CCBr)c4O)CC3CC12. The molecule has 4 rings (SSSR count). The molecule has 13 heteroatoms. The monoisotopic (exact) mass is 597 g/mol. The molecule has 4 atom stereocenters. The van der Waals surface area contributed by atoms with E-state index in [2.05, 4.69) is 21.2 Å². The topological polar surface area (TPSA) is 190 Å². The molecule has 3 unspecified atom stereocenters. The predicted octanol–water partition coefficient (Wildman–Crippen LogP) is 1.34. The van der Waals surface area contributed by atoms with Crippen LogP contribution in [0.25, 0.3) is 5.76 Å². The van der Waals surface area contributed by atoms with Crippen LogP contribution in [-0.4, -0.2) is 79.8 Å². The van der Waals surface area contributed by atoms with E-state index in [-0.39, 0.29) is 41.1 Å². The Kier molecular flexibility index (Phi) is 6.91. The third-order valence-electron chi connectivity index (χ3n) is 7.25. The number of benzene rings is 1. The summed E-state index contributed by atoms with van der Waals surface area (Å²) in [7, 11) is 3.05. The van der Waals surface area contributed by atoms with Crippen LogP contribution < -0.4 is 11.1 Å². The number of anilines is 1. The molecular weight excluding hydrogens is 574 g/mol. The molecule has 7 N–H and O–H groups in total. The van der Waals surface area contributed by atoms with Gasteiger partial charge in [0, 0.05) is 23.2 Å². The maximum atomic E-state index is 13.8. The molecule has 1 saturated carbocycles. The van der Waals surface area contributed by atoms with Crippen molar-refractivity contribution in [3.63, 3.8) is 0 Å². The number of nitrogens with one attached hydrogen (secondary N) is 1. The largest absolute Gasteiger partial charge is 0.508 e. The summed E-state index contributed by atoms with van der Waals surface area (Å²) in [5.41, 5.74) is 1.48. The Labute approximate surface area is 224 Å². The first-order chi connectivity index (χ1) is 17.3. The number of aromatic hydroxyl groups is 1. The van der Waals surface area contributed by atoms with Gasteiger partial charge >= 0.3 is 0 Å². The lowest BCUT2D eigenvalue weighted by molar-refractivity contribution is -0.153. The summed E-state index contributed by atoms with van der Waals surface area (Å²) < 4.78 is 0. The molecule has 0 radical (unpaired) electrons. The van der Waals surface area contributed by atoms with Gasteiger partial charge in [-0.05, 0) is 44.5 Å². The van der Waals surface area contributed by atoms with Crippen LogP contribution in [0.5, 0.6) is 5.75 Å². The number of halogens is 2. The van der Waals surface area contributed by atoms with E-state index in [0.29, 0.717) is 10.9 Å². The molecule has 0 heterocycles. The second-order valence-electron chi connectivity index (χ2n) is 9.56. The highest BCUT2D eigenvalue weighted by Crippen LogP contribution is 2.54. The average molecular weight is 599 g/mol. The quantitative estimate of drug-likeness (QED) is 0.165. The minimum absolute atomic E-state index is 0.0137. The first-order valence-electron chi connectivity index (χ1n) is 11.3. The molecule has 37 heavy (non-hydrogen) atoms. The van der Waals surface area contributed by atoms with Crippen LogP contribution in [0.4, 0.5) is 5.69 Å². The average Bonchev–Trinajstić information content (AvgIpc) is 2.78. The highest BCUT2D eigenvalue weighted by atomic mass is 79.9. The molecule has 1 fully saturated rings. The van der Waals surface area contributed by atoms with Crippen molar-refractivity contribution < 1.29 is 39.6 Å². The second kappa shape index (κ2) is 9.43. The summed E-state index contributed by atoms with van der Waals surface area (Å²) in [6.07, 6.45) is 0.139. The molecule has 0 spiro atoms. The molecule has 1 aromatic rings. The van der Waals surface area contributed by atoms with E-state index in [1.165, 1.54) is 25.1 Å². The number of hydrogen-bond donors (Lipinski definition) is 6. The minimum Gasteiger partial charge on any atom is -0.508 e. The number of primary amides is 1. The number of phenolic OH excluding ortho intramolecular Hbond substituents is 1. The Balaban J connectivity index is 1.91. The zero-order valence-electron chi connectivity index (χ0n) is 19.8. The van der Waals surface area contributed by atoms with Crippen LogP contribution in [0, 0.1) is 11.8 Å². The van der Waals surface area contributed by atoms with Crippen LogP contribution >= 0.6 is 27.5 Å². The number of Topliss-reactive ketones (excluding diaryl/α,β-unsaturated/α-hetero) is 2. The Bertz CT molecular complexity index is 1320. The first-order valence-corrected chi connectivity index (χ1v) is 12.8. The number of aliphatic hydroxyl groups is 3. The zero-order valence-corrected chi connectivity index (χ0v) is 22.2. The number of carbonyl (C=O) groups is 4. The molecule has 0 aliphatic heterocycles. The van der Waals surface area contributed by atoms with Gasteiger partial charge in [0.15, 0.2) is 17.1 Å². The summed E-state index contributed by atoms with van der Waals surface area (Å²) in [5.74, 6) is -7.99. The smallest absolute Gasteiger partial charge is 0.255 e. The number of aliphatic hydroxyl groups excluding tert-OH is 2. The van der Waals surface area contributed by atoms with Gasteiger partial charge in [0.05, 0.1) is 16.6 Å². The maximum absolute atomic E-state index is 13.8. The lowest BCUT2D eigenvalue weighted by Crippen LogP contribution is -2.65. The van der Waals surface area contributed by atoms with Crippen molar-refractivity contribution in [3.05, 3.63) is 39.1 Å². The molecule has 198 valence electrons. The van der Waals surface area contributed by atoms with Gasteiger partial charge in [-0.25, -0.2) is 0 Å². The van der Waals surface area contributed by atoms with Crippen molar-refractivity contribution in [1.29, 1.82) is 0 Å². The zero-order chi connectivity index (χ0) is 27.6. The van der Waals surface area contributed by atoms with Crippen LogP contribution in [0.3, 0.4) is 0 Å². The molecule has 11 nitrogen and oxygen atoms in total. The third kappa shape index (κ3) is 3.94. The summed E-state index contributed by atoms with van der Waals surface area (Å²) in [6.45, 7) is 0. The van der Waals surface area contributed by atoms with Crippen LogP contribution in [-0.2, 0) is 25.6 Å². The number of nitrogens with zero attached hydrogens (tertiary/aromatic N) is 1.